The minimum Gasteiger partial charge on any atom is -0.330 e. The highest BCUT2D eigenvalue weighted by atomic mass is 32.2. The second-order valence-corrected chi connectivity index (χ2v) is 7.08. The van der Waals surface area contributed by atoms with Crippen LogP contribution in [0.15, 0.2) is 24.3 Å². The van der Waals surface area contributed by atoms with Gasteiger partial charge in [0.2, 0.25) is 0 Å². The van der Waals surface area contributed by atoms with Crippen molar-refractivity contribution in [1.29, 1.82) is 0 Å². The van der Waals surface area contributed by atoms with Gasteiger partial charge in [0.05, 0.1) is 5.69 Å². The quantitative estimate of drug-likeness (QED) is 0.834. The summed E-state index contributed by atoms with van der Waals surface area (Å²) in [5.41, 5.74) is 7.25. The third-order valence-electron chi connectivity index (χ3n) is 3.22. The Morgan fingerprint density at radius 3 is 2.45 bits per heavy atom. The zero-order valence-electron chi connectivity index (χ0n) is 12.7. The van der Waals surface area contributed by atoms with Crippen LogP contribution in [0.5, 0.6) is 0 Å². The van der Waals surface area contributed by atoms with Crippen LogP contribution in [0.25, 0.3) is 0 Å². The van der Waals surface area contributed by atoms with Gasteiger partial charge in [-0.05, 0) is 51.4 Å². The molecular formula is C14H25N3O2S. The summed E-state index contributed by atoms with van der Waals surface area (Å²) in [7, 11) is -1.93. The van der Waals surface area contributed by atoms with E-state index in [-0.39, 0.29) is 6.04 Å². The van der Waals surface area contributed by atoms with Gasteiger partial charge in [-0.3, -0.25) is 4.31 Å². The number of hydrogen-bond acceptors (Lipinski definition) is 3. The van der Waals surface area contributed by atoms with Gasteiger partial charge in [-0.25, -0.2) is 0 Å². The van der Waals surface area contributed by atoms with E-state index in [0.717, 1.165) is 5.56 Å². The van der Waals surface area contributed by atoms with Crippen LogP contribution >= 0.6 is 0 Å². The van der Waals surface area contributed by atoms with Crippen LogP contribution < -0.4 is 10.0 Å². The molecule has 0 aromatic heterocycles. The first-order valence-electron chi connectivity index (χ1n) is 6.83. The zero-order chi connectivity index (χ0) is 15.3. The SMILES string of the molecule is Cc1cccc(N(CCCN)S(=O)(=O)N(C)C(C)C)c1. The summed E-state index contributed by atoms with van der Waals surface area (Å²) in [6.45, 7) is 6.51. The molecule has 0 bridgehead atoms. The molecule has 1 rings (SSSR count). The lowest BCUT2D eigenvalue weighted by Crippen LogP contribution is -2.45. The minimum absolute atomic E-state index is 0.0924. The molecule has 0 radical (unpaired) electrons. The third-order valence-corrected chi connectivity index (χ3v) is 5.32. The predicted molar refractivity (Wildman–Crippen MR) is 84.0 cm³/mol. The molecular weight excluding hydrogens is 274 g/mol. The molecule has 1 aromatic carbocycles. The maximum Gasteiger partial charge on any atom is 0.304 e. The van der Waals surface area contributed by atoms with Crippen LogP contribution in [-0.2, 0) is 10.2 Å². The molecule has 0 unspecified atom stereocenters. The monoisotopic (exact) mass is 299 g/mol. The van der Waals surface area contributed by atoms with E-state index in [0.29, 0.717) is 25.2 Å². The van der Waals surface area contributed by atoms with Gasteiger partial charge in [0, 0.05) is 19.6 Å². The molecule has 0 fully saturated rings. The predicted octanol–water partition coefficient (Wildman–Crippen LogP) is 1.74. The minimum atomic E-state index is -3.53. The molecule has 0 heterocycles. The molecule has 20 heavy (non-hydrogen) atoms. The average molecular weight is 299 g/mol. The molecule has 0 aliphatic rings. The molecule has 114 valence electrons. The van der Waals surface area contributed by atoms with Crippen molar-refractivity contribution in [2.45, 2.75) is 33.2 Å². The molecule has 0 saturated heterocycles. The maximum atomic E-state index is 12.7. The van der Waals surface area contributed by atoms with Crippen molar-refractivity contribution in [2.24, 2.45) is 5.73 Å². The molecule has 5 nitrogen and oxygen atoms in total. The summed E-state index contributed by atoms with van der Waals surface area (Å²) in [6, 6.07) is 7.41. The van der Waals surface area contributed by atoms with E-state index in [1.165, 1.54) is 8.61 Å². The smallest absolute Gasteiger partial charge is 0.304 e. The third kappa shape index (κ3) is 3.94. The van der Waals surface area contributed by atoms with Crippen molar-refractivity contribution < 1.29 is 8.42 Å². The lowest BCUT2D eigenvalue weighted by Gasteiger charge is -2.31. The molecule has 0 aliphatic carbocycles. The fraction of sp³-hybridized carbons (Fsp3) is 0.571. The van der Waals surface area contributed by atoms with Gasteiger partial charge in [0.25, 0.3) is 0 Å². The van der Waals surface area contributed by atoms with Gasteiger partial charge in [0.15, 0.2) is 0 Å². The molecule has 0 atom stereocenters. The van der Waals surface area contributed by atoms with Crippen molar-refractivity contribution in [3.05, 3.63) is 29.8 Å². The molecule has 1 aromatic rings. The molecule has 0 aliphatic heterocycles. The first-order chi connectivity index (χ1) is 9.30. The Bertz CT molecular complexity index is 529. The number of rotatable bonds is 7. The molecule has 6 heteroatoms. The van der Waals surface area contributed by atoms with Crippen LogP contribution in [0, 0.1) is 6.92 Å². The number of nitrogens with zero attached hydrogens (tertiary/aromatic N) is 2. The van der Waals surface area contributed by atoms with E-state index < -0.39 is 10.2 Å². The van der Waals surface area contributed by atoms with Crippen molar-refractivity contribution in [3.63, 3.8) is 0 Å². The normalized spacial score (nSPS) is 12.2. The van der Waals surface area contributed by atoms with Crippen molar-refractivity contribution in [1.82, 2.24) is 4.31 Å². The Balaban J connectivity index is 3.19. The van der Waals surface area contributed by atoms with Crippen LogP contribution in [0.3, 0.4) is 0 Å². The largest absolute Gasteiger partial charge is 0.330 e. The fourth-order valence-electron chi connectivity index (χ4n) is 1.82. The first kappa shape index (κ1) is 16.9. The van der Waals surface area contributed by atoms with Gasteiger partial charge < -0.3 is 5.73 Å². The standard InChI is InChI=1S/C14H25N3O2S/c1-12(2)16(4)20(18,19)17(10-6-9-15)14-8-5-7-13(3)11-14/h5,7-8,11-12H,6,9-10,15H2,1-4H3. The second-order valence-electron chi connectivity index (χ2n) is 5.17. The van der Waals surface area contributed by atoms with Crippen LogP contribution in [-0.4, -0.2) is 38.9 Å². The lowest BCUT2D eigenvalue weighted by atomic mass is 10.2. The van der Waals surface area contributed by atoms with Gasteiger partial charge in [0.1, 0.15) is 0 Å². The van der Waals surface area contributed by atoms with Crippen LogP contribution in [0.4, 0.5) is 5.69 Å². The van der Waals surface area contributed by atoms with E-state index in [2.05, 4.69) is 0 Å². The fourth-order valence-corrected chi connectivity index (χ4v) is 3.40. The second kappa shape index (κ2) is 7.06. The van der Waals surface area contributed by atoms with Crippen molar-refractivity contribution in [3.8, 4) is 0 Å². The highest BCUT2D eigenvalue weighted by Crippen LogP contribution is 2.22. The number of anilines is 1. The van der Waals surface area contributed by atoms with E-state index in [4.69, 9.17) is 5.73 Å². The summed E-state index contributed by atoms with van der Waals surface area (Å²) < 4.78 is 28.2. The summed E-state index contributed by atoms with van der Waals surface area (Å²) in [6.07, 6.45) is 0.624. The highest BCUT2D eigenvalue weighted by molar-refractivity contribution is 7.90. The average Bonchev–Trinajstić information content (AvgIpc) is 2.38. The van der Waals surface area contributed by atoms with E-state index in [1.54, 1.807) is 7.05 Å². The lowest BCUT2D eigenvalue weighted by molar-refractivity contribution is 0.408. The number of benzene rings is 1. The Morgan fingerprint density at radius 1 is 1.30 bits per heavy atom. The zero-order valence-corrected chi connectivity index (χ0v) is 13.5. The summed E-state index contributed by atoms with van der Waals surface area (Å²) in [4.78, 5) is 0. The highest BCUT2D eigenvalue weighted by Gasteiger charge is 2.28. The van der Waals surface area contributed by atoms with Gasteiger partial charge >= 0.3 is 10.2 Å². The molecule has 0 saturated carbocycles. The molecule has 2 N–H and O–H groups in total. The van der Waals surface area contributed by atoms with Crippen molar-refractivity contribution >= 4 is 15.9 Å². The van der Waals surface area contributed by atoms with E-state index in [1.807, 2.05) is 45.0 Å². The van der Waals surface area contributed by atoms with Gasteiger partial charge in [-0.2, -0.15) is 12.7 Å². The summed E-state index contributed by atoms with van der Waals surface area (Å²) in [5, 5.41) is 0. The number of hydrogen-bond donors (Lipinski definition) is 1. The Hall–Kier alpha value is -1.11. The van der Waals surface area contributed by atoms with Crippen LogP contribution in [0.1, 0.15) is 25.8 Å². The Morgan fingerprint density at radius 2 is 1.95 bits per heavy atom. The van der Waals surface area contributed by atoms with Crippen molar-refractivity contribution in [2.75, 3.05) is 24.4 Å². The number of nitrogens with two attached hydrogens (primary N) is 1. The molecule has 0 amide bonds. The molecule has 0 spiro atoms. The Kier molecular flexibility index (Phi) is 5.98. The van der Waals surface area contributed by atoms with Gasteiger partial charge in [-0.15, -0.1) is 0 Å². The Labute approximate surface area is 122 Å². The topological polar surface area (TPSA) is 66.6 Å². The summed E-state index contributed by atoms with van der Waals surface area (Å²) >= 11 is 0. The first-order valence-corrected chi connectivity index (χ1v) is 8.23. The van der Waals surface area contributed by atoms with Crippen LogP contribution in [0.2, 0.25) is 0 Å². The maximum absolute atomic E-state index is 12.7. The van der Waals surface area contributed by atoms with E-state index in [9.17, 15) is 8.42 Å². The summed E-state index contributed by atoms with van der Waals surface area (Å²) in [5.74, 6) is 0. The number of aryl methyl sites for hydroxylation is 1. The van der Waals surface area contributed by atoms with E-state index >= 15 is 0 Å². The van der Waals surface area contributed by atoms with Gasteiger partial charge in [-0.1, -0.05) is 12.1 Å².